The molecule has 0 spiro atoms. The monoisotopic (exact) mass is 421 g/mol. The number of hydrogen-bond donors (Lipinski definition) is 2. The normalized spacial score (nSPS) is 14.6. The highest BCUT2D eigenvalue weighted by molar-refractivity contribution is 5.85. The van der Waals surface area contributed by atoms with Crippen molar-refractivity contribution in [3.8, 4) is 5.75 Å². The molecule has 0 radical (unpaired) electrons. The van der Waals surface area contributed by atoms with Crippen molar-refractivity contribution >= 4 is 17.8 Å². The van der Waals surface area contributed by atoms with Crippen LogP contribution >= 0.6 is 0 Å². The Bertz CT molecular complexity index is 946. The fourth-order valence-electron chi connectivity index (χ4n) is 4.04. The first kappa shape index (κ1) is 22.9. The number of nitrogens with zero attached hydrogens (tertiary/aromatic N) is 2. The number of phenolic OH excluding ortho intramolecular Hbond substituents is 1. The molecule has 2 aromatic rings. The first-order valence-electron chi connectivity index (χ1n) is 11.0. The number of rotatable bonds is 4. The zero-order valence-corrected chi connectivity index (χ0v) is 19.6. The van der Waals surface area contributed by atoms with Crippen LogP contribution in [0.1, 0.15) is 70.2 Å². The quantitative estimate of drug-likeness (QED) is 0.546. The second kappa shape index (κ2) is 8.74. The third-order valence-corrected chi connectivity index (χ3v) is 5.69. The molecule has 0 unspecified atom stereocenters. The van der Waals surface area contributed by atoms with E-state index >= 15 is 0 Å². The number of amides is 1. The van der Waals surface area contributed by atoms with Crippen molar-refractivity contribution in [2.24, 2.45) is 5.10 Å². The number of para-hydroxylation sites is 1. The van der Waals surface area contributed by atoms with Gasteiger partial charge in [-0.1, -0.05) is 59.7 Å². The standard InChI is InChI=1S/C26H35N3O2/c1-25(2,3)20-14-18(15-21(24(20)31)26(4,5)6)16-27-28-23(30)17-29-13-9-11-19-10-7-8-12-22(19)29/h7-8,10,12,14-16,31H,9,11,13,17H2,1-6H3,(H,28,30)/b27-16-. The molecular weight excluding hydrogens is 386 g/mol. The number of hydrazone groups is 1. The molecule has 1 heterocycles. The third-order valence-electron chi connectivity index (χ3n) is 5.69. The van der Waals surface area contributed by atoms with E-state index in [2.05, 4.69) is 69.1 Å². The molecule has 0 aromatic heterocycles. The Morgan fingerprint density at radius 3 is 2.32 bits per heavy atom. The molecule has 3 rings (SSSR count). The summed E-state index contributed by atoms with van der Waals surface area (Å²) in [4.78, 5) is 14.6. The summed E-state index contributed by atoms with van der Waals surface area (Å²) in [6, 6.07) is 12.1. The number of carbonyl (C=O) groups is 1. The molecule has 2 aromatic carbocycles. The molecule has 2 N–H and O–H groups in total. The van der Waals surface area contributed by atoms with Crippen LogP contribution in [0.3, 0.4) is 0 Å². The SMILES string of the molecule is CC(C)(C)c1cc(/C=N\NC(=O)CN2CCCc3ccccc32)cc(C(C)(C)C)c1O. The summed E-state index contributed by atoms with van der Waals surface area (Å²) in [6.07, 6.45) is 3.76. The topological polar surface area (TPSA) is 64.9 Å². The first-order valence-corrected chi connectivity index (χ1v) is 11.0. The van der Waals surface area contributed by atoms with E-state index < -0.39 is 0 Å². The van der Waals surface area contributed by atoms with Gasteiger partial charge in [0.1, 0.15) is 5.75 Å². The van der Waals surface area contributed by atoms with Crippen molar-refractivity contribution in [3.05, 3.63) is 58.7 Å². The Kier molecular flexibility index (Phi) is 6.44. The number of fused-ring (bicyclic) bond motifs is 1. The summed E-state index contributed by atoms with van der Waals surface area (Å²) >= 11 is 0. The van der Waals surface area contributed by atoms with Gasteiger partial charge in [0.15, 0.2) is 0 Å². The number of phenols is 1. The highest BCUT2D eigenvalue weighted by atomic mass is 16.3. The predicted octanol–water partition coefficient (Wildman–Crippen LogP) is 4.89. The predicted molar refractivity (Wildman–Crippen MR) is 128 cm³/mol. The van der Waals surface area contributed by atoms with Gasteiger partial charge in [0.05, 0.1) is 12.8 Å². The lowest BCUT2D eigenvalue weighted by Crippen LogP contribution is -2.38. The Morgan fingerprint density at radius 2 is 1.71 bits per heavy atom. The average molecular weight is 422 g/mol. The first-order chi connectivity index (χ1) is 14.5. The van der Waals surface area contributed by atoms with Gasteiger partial charge in [0.2, 0.25) is 0 Å². The number of aromatic hydroxyl groups is 1. The van der Waals surface area contributed by atoms with Crippen LogP contribution in [-0.4, -0.2) is 30.3 Å². The summed E-state index contributed by atoms with van der Waals surface area (Å²) in [5.41, 5.74) is 7.28. The molecule has 0 bridgehead atoms. The van der Waals surface area contributed by atoms with E-state index in [4.69, 9.17) is 0 Å². The van der Waals surface area contributed by atoms with Crippen LogP contribution in [0.5, 0.6) is 5.75 Å². The summed E-state index contributed by atoms with van der Waals surface area (Å²) in [5.74, 6) is 0.198. The van der Waals surface area contributed by atoms with Crippen LogP contribution in [0.15, 0.2) is 41.5 Å². The van der Waals surface area contributed by atoms with Gasteiger partial charge in [-0.2, -0.15) is 5.10 Å². The van der Waals surface area contributed by atoms with Gasteiger partial charge in [-0.25, -0.2) is 5.43 Å². The number of aryl methyl sites for hydroxylation is 1. The number of nitrogens with one attached hydrogen (secondary N) is 1. The van der Waals surface area contributed by atoms with E-state index in [1.807, 2.05) is 24.3 Å². The van der Waals surface area contributed by atoms with Crippen molar-refractivity contribution in [1.29, 1.82) is 0 Å². The molecule has 1 aliphatic heterocycles. The Hall–Kier alpha value is -2.82. The van der Waals surface area contributed by atoms with Crippen LogP contribution in [0.25, 0.3) is 0 Å². The summed E-state index contributed by atoms with van der Waals surface area (Å²) in [5, 5.41) is 15.0. The van der Waals surface area contributed by atoms with Gasteiger partial charge in [0, 0.05) is 23.4 Å². The van der Waals surface area contributed by atoms with E-state index in [9.17, 15) is 9.90 Å². The maximum atomic E-state index is 12.5. The highest BCUT2D eigenvalue weighted by Crippen LogP contribution is 2.39. The van der Waals surface area contributed by atoms with Gasteiger partial charge in [-0.05, 0) is 53.0 Å². The minimum Gasteiger partial charge on any atom is -0.507 e. The number of anilines is 1. The Balaban J connectivity index is 1.74. The zero-order valence-electron chi connectivity index (χ0n) is 19.6. The lowest BCUT2D eigenvalue weighted by atomic mass is 9.78. The molecule has 166 valence electrons. The van der Waals surface area contributed by atoms with Crippen LogP contribution < -0.4 is 10.3 Å². The zero-order chi connectivity index (χ0) is 22.8. The van der Waals surface area contributed by atoms with Crippen molar-refractivity contribution in [2.45, 2.75) is 65.2 Å². The number of carbonyl (C=O) groups excluding carboxylic acids is 1. The van der Waals surface area contributed by atoms with Crippen LogP contribution in [0.4, 0.5) is 5.69 Å². The van der Waals surface area contributed by atoms with Crippen molar-refractivity contribution < 1.29 is 9.90 Å². The van der Waals surface area contributed by atoms with Crippen molar-refractivity contribution in [3.63, 3.8) is 0 Å². The smallest absolute Gasteiger partial charge is 0.259 e. The van der Waals surface area contributed by atoms with E-state index in [1.54, 1.807) is 6.21 Å². The molecule has 31 heavy (non-hydrogen) atoms. The van der Waals surface area contributed by atoms with Crippen LogP contribution in [0, 0.1) is 0 Å². The van der Waals surface area contributed by atoms with Gasteiger partial charge >= 0.3 is 0 Å². The Morgan fingerprint density at radius 1 is 1.10 bits per heavy atom. The van der Waals surface area contributed by atoms with Gasteiger partial charge < -0.3 is 10.0 Å². The fraction of sp³-hybridized carbons (Fsp3) is 0.462. The maximum absolute atomic E-state index is 12.5. The highest BCUT2D eigenvalue weighted by Gasteiger charge is 2.26. The van der Waals surface area contributed by atoms with Gasteiger partial charge in [0.25, 0.3) is 5.91 Å². The van der Waals surface area contributed by atoms with E-state index in [0.717, 1.165) is 41.8 Å². The molecule has 1 amide bonds. The van der Waals surface area contributed by atoms with Crippen LogP contribution in [-0.2, 0) is 22.0 Å². The van der Waals surface area contributed by atoms with E-state index in [-0.39, 0.29) is 23.3 Å². The lowest BCUT2D eigenvalue weighted by molar-refractivity contribution is -0.119. The van der Waals surface area contributed by atoms with Crippen LogP contribution in [0.2, 0.25) is 0 Å². The maximum Gasteiger partial charge on any atom is 0.259 e. The molecule has 0 aliphatic carbocycles. The van der Waals surface area contributed by atoms with Crippen molar-refractivity contribution in [2.75, 3.05) is 18.0 Å². The number of hydrogen-bond acceptors (Lipinski definition) is 4. The largest absolute Gasteiger partial charge is 0.507 e. The minimum atomic E-state index is -0.209. The molecule has 5 nitrogen and oxygen atoms in total. The van der Waals surface area contributed by atoms with Gasteiger partial charge in [-0.3, -0.25) is 4.79 Å². The third kappa shape index (κ3) is 5.46. The van der Waals surface area contributed by atoms with Gasteiger partial charge in [-0.15, -0.1) is 0 Å². The molecule has 0 fully saturated rings. The second-order valence-electron chi connectivity index (χ2n) is 10.4. The molecule has 5 heteroatoms. The lowest BCUT2D eigenvalue weighted by Gasteiger charge is -2.30. The summed E-state index contributed by atoms with van der Waals surface area (Å²) in [6.45, 7) is 13.6. The molecule has 0 saturated carbocycles. The average Bonchev–Trinajstić information content (AvgIpc) is 2.67. The molecular formula is C26H35N3O2. The van der Waals surface area contributed by atoms with Crippen molar-refractivity contribution in [1.82, 2.24) is 5.43 Å². The van der Waals surface area contributed by atoms with E-state index in [1.165, 1.54) is 5.56 Å². The molecule has 0 atom stereocenters. The van der Waals surface area contributed by atoms with E-state index in [0.29, 0.717) is 5.75 Å². The second-order valence-corrected chi connectivity index (χ2v) is 10.4. The fourth-order valence-corrected chi connectivity index (χ4v) is 4.04. The summed E-state index contributed by atoms with van der Waals surface area (Å²) < 4.78 is 0. The Labute approximate surface area is 186 Å². The minimum absolute atomic E-state index is 0.140. The number of benzene rings is 2. The molecule has 1 aliphatic rings. The molecule has 0 saturated heterocycles. The summed E-state index contributed by atoms with van der Waals surface area (Å²) in [7, 11) is 0.